The standard InChI is InChI=1S/C34H32N4O4S/c1-3-30(34(42)37-28-15-8-7-14-27(28)31(35)39)43-26-13-9-12-25(21-26)36-33(41)29(20-23-18-16-22(2)17-19-23)38-32(40)24-10-5-4-6-11-24/h4-21,30H,3H2,1-2H3,(H2,35,39)(H,36,41)(H,37,42)(H,38,40)/b29-20+. The van der Waals surface area contributed by atoms with Gasteiger partial charge in [-0.3, -0.25) is 19.2 Å². The van der Waals surface area contributed by atoms with Gasteiger partial charge in [0.2, 0.25) is 5.91 Å². The predicted molar refractivity (Wildman–Crippen MR) is 172 cm³/mol. The van der Waals surface area contributed by atoms with Crippen molar-refractivity contribution in [2.45, 2.75) is 30.4 Å². The van der Waals surface area contributed by atoms with Crippen molar-refractivity contribution in [2.75, 3.05) is 10.6 Å². The molecule has 8 nitrogen and oxygen atoms in total. The van der Waals surface area contributed by atoms with E-state index in [0.717, 1.165) is 16.0 Å². The molecule has 0 fully saturated rings. The monoisotopic (exact) mass is 592 g/mol. The maximum absolute atomic E-state index is 13.4. The fourth-order valence-corrected chi connectivity index (χ4v) is 5.14. The molecule has 5 N–H and O–H groups in total. The summed E-state index contributed by atoms with van der Waals surface area (Å²) < 4.78 is 0. The van der Waals surface area contributed by atoms with Gasteiger partial charge in [-0.25, -0.2) is 0 Å². The van der Waals surface area contributed by atoms with Crippen LogP contribution in [0.15, 0.2) is 114 Å². The van der Waals surface area contributed by atoms with Gasteiger partial charge in [-0.1, -0.05) is 73.2 Å². The molecule has 0 aromatic heterocycles. The van der Waals surface area contributed by atoms with E-state index in [-0.39, 0.29) is 17.2 Å². The zero-order valence-corrected chi connectivity index (χ0v) is 24.6. The molecule has 4 rings (SSSR count). The Kier molecular flexibility index (Phi) is 10.5. The Morgan fingerprint density at radius 1 is 0.837 bits per heavy atom. The highest BCUT2D eigenvalue weighted by Gasteiger charge is 2.21. The maximum Gasteiger partial charge on any atom is 0.272 e. The van der Waals surface area contributed by atoms with Crippen molar-refractivity contribution in [3.8, 4) is 0 Å². The Morgan fingerprint density at radius 3 is 2.23 bits per heavy atom. The molecule has 43 heavy (non-hydrogen) atoms. The van der Waals surface area contributed by atoms with Crippen LogP contribution in [0.1, 0.15) is 45.2 Å². The van der Waals surface area contributed by atoms with Crippen molar-refractivity contribution >= 4 is 52.8 Å². The molecule has 4 aromatic rings. The topological polar surface area (TPSA) is 130 Å². The lowest BCUT2D eigenvalue weighted by Gasteiger charge is -2.17. The van der Waals surface area contributed by atoms with Gasteiger partial charge in [0.05, 0.1) is 16.5 Å². The second kappa shape index (κ2) is 14.7. The van der Waals surface area contributed by atoms with Crippen molar-refractivity contribution in [2.24, 2.45) is 5.73 Å². The number of anilines is 2. The minimum absolute atomic E-state index is 0.0784. The number of amides is 4. The molecule has 0 spiro atoms. The Balaban J connectivity index is 1.50. The third-order valence-electron chi connectivity index (χ3n) is 6.40. The molecule has 218 valence electrons. The summed E-state index contributed by atoms with van der Waals surface area (Å²) >= 11 is 1.33. The maximum atomic E-state index is 13.4. The Bertz CT molecular complexity index is 1650. The SMILES string of the molecule is CCC(Sc1cccc(NC(=O)/C(=C\c2ccc(C)cc2)NC(=O)c2ccccc2)c1)C(=O)Nc1ccccc1C(N)=O. The van der Waals surface area contributed by atoms with E-state index >= 15 is 0 Å². The van der Waals surface area contributed by atoms with E-state index in [1.54, 1.807) is 72.8 Å². The quantitative estimate of drug-likeness (QED) is 0.125. The zero-order chi connectivity index (χ0) is 30.8. The van der Waals surface area contributed by atoms with Crippen LogP contribution in [0.5, 0.6) is 0 Å². The zero-order valence-electron chi connectivity index (χ0n) is 23.8. The van der Waals surface area contributed by atoms with Crippen LogP contribution in [0, 0.1) is 6.92 Å². The molecule has 1 unspecified atom stereocenters. The number of para-hydroxylation sites is 1. The van der Waals surface area contributed by atoms with Crippen molar-refractivity contribution in [3.63, 3.8) is 0 Å². The van der Waals surface area contributed by atoms with Crippen LogP contribution in [0.3, 0.4) is 0 Å². The molecular weight excluding hydrogens is 560 g/mol. The third-order valence-corrected chi connectivity index (χ3v) is 7.76. The van der Waals surface area contributed by atoms with Gasteiger partial charge >= 0.3 is 0 Å². The summed E-state index contributed by atoms with van der Waals surface area (Å²) in [7, 11) is 0. The van der Waals surface area contributed by atoms with Gasteiger partial charge in [0, 0.05) is 16.1 Å². The van der Waals surface area contributed by atoms with Gasteiger partial charge in [-0.15, -0.1) is 11.8 Å². The van der Waals surface area contributed by atoms with Gasteiger partial charge in [0.15, 0.2) is 0 Å². The van der Waals surface area contributed by atoms with E-state index in [9.17, 15) is 19.2 Å². The molecular formula is C34H32N4O4S. The van der Waals surface area contributed by atoms with Crippen LogP contribution < -0.4 is 21.7 Å². The first-order valence-electron chi connectivity index (χ1n) is 13.7. The van der Waals surface area contributed by atoms with Gasteiger partial charge in [0.25, 0.3) is 17.7 Å². The third kappa shape index (κ3) is 8.67. The largest absolute Gasteiger partial charge is 0.366 e. The van der Waals surface area contributed by atoms with E-state index in [4.69, 9.17) is 5.73 Å². The van der Waals surface area contributed by atoms with Crippen LogP contribution >= 0.6 is 11.8 Å². The summed E-state index contributed by atoms with van der Waals surface area (Å²) in [5, 5.41) is 7.93. The number of carbonyl (C=O) groups is 4. The highest BCUT2D eigenvalue weighted by molar-refractivity contribution is 8.00. The Labute approximate surface area is 254 Å². The minimum atomic E-state index is -0.629. The Morgan fingerprint density at radius 2 is 1.53 bits per heavy atom. The van der Waals surface area contributed by atoms with Crippen LogP contribution in [-0.4, -0.2) is 28.9 Å². The number of hydrogen-bond acceptors (Lipinski definition) is 5. The van der Waals surface area contributed by atoms with Gasteiger partial charge in [-0.05, 0) is 67.4 Å². The summed E-state index contributed by atoms with van der Waals surface area (Å²) in [6.07, 6.45) is 2.14. The molecule has 0 aliphatic heterocycles. The van der Waals surface area contributed by atoms with E-state index in [1.165, 1.54) is 11.8 Å². The summed E-state index contributed by atoms with van der Waals surface area (Å²) in [5.41, 5.74) is 8.85. The van der Waals surface area contributed by atoms with Crippen LogP contribution in [0.25, 0.3) is 6.08 Å². The van der Waals surface area contributed by atoms with Crippen molar-refractivity contribution in [1.29, 1.82) is 0 Å². The number of benzene rings is 4. The molecule has 9 heteroatoms. The second-order valence-corrected chi connectivity index (χ2v) is 11.0. The van der Waals surface area contributed by atoms with Crippen molar-refractivity contribution in [1.82, 2.24) is 5.32 Å². The number of primary amides is 1. The fourth-order valence-electron chi connectivity index (χ4n) is 4.12. The molecule has 0 heterocycles. The normalized spacial score (nSPS) is 11.7. The number of carbonyl (C=O) groups excluding carboxylic acids is 4. The molecule has 4 aromatic carbocycles. The summed E-state index contributed by atoms with van der Waals surface area (Å²) in [5.74, 6) is -1.81. The van der Waals surface area contributed by atoms with Crippen LogP contribution in [0.4, 0.5) is 11.4 Å². The average molecular weight is 593 g/mol. The second-order valence-electron chi connectivity index (χ2n) is 9.68. The van der Waals surface area contributed by atoms with Crippen LogP contribution in [0.2, 0.25) is 0 Å². The lowest BCUT2D eigenvalue weighted by Crippen LogP contribution is -2.30. The molecule has 0 bridgehead atoms. The Hall–Kier alpha value is -5.15. The van der Waals surface area contributed by atoms with Gasteiger partial charge < -0.3 is 21.7 Å². The van der Waals surface area contributed by atoms with Crippen molar-refractivity contribution < 1.29 is 19.2 Å². The molecule has 0 radical (unpaired) electrons. The van der Waals surface area contributed by atoms with E-state index in [1.807, 2.05) is 50.2 Å². The lowest BCUT2D eigenvalue weighted by molar-refractivity contribution is -0.116. The van der Waals surface area contributed by atoms with Gasteiger partial charge in [-0.2, -0.15) is 0 Å². The highest BCUT2D eigenvalue weighted by Crippen LogP contribution is 2.29. The van der Waals surface area contributed by atoms with E-state index < -0.39 is 23.0 Å². The molecule has 0 saturated heterocycles. The summed E-state index contributed by atoms with van der Waals surface area (Å²) in [4.78, 5) is 52.0. The molecule has 0 aliphatic rings. The first-order valence-corrected chi connectivity index (χ1v) is 14.5. The number of nitrogens with one attached hydrogen (secondary N) is 3. The van der Waals surface area contributed by atoms with Gasteiger partial charge in [0.1, 0.15) is 5.70 Å². The van der Waals surface area contributed by atoms with E-state index in [0.29, 0.717) is 23.4 Å². The number of rotatable bonds is 11. The summed E-state index contributed by atoms with van der Waals surface area (Å²) in [6.45, 7) is 3.86. The molecule has 1 atom stereocenters. The number of hydrogen-bond donors (Lipinski definition) is 4. The van der Waals surface area contributed by atoms with E-state index in [2.05, 4.69) is 16.0 Å². The minimum Gasteiger partial charge on any atom is -0.366 e. The highest BCUT2D eigenvalue weighted by atomic mass is 32.2. The average Bonchev–Trinajstić information content (AvgIpc) is 3.01. The number of thioether (sulfide) groups is 1. The van der Waals surface area contributed by atoms with Crippen LogP contribution in [-0.2, 0) is 9.59 Å². The molecule has 0 saturated carbocycles. The number of aryl methyl sites for hydroxylation is 1. The smallest absolute Gasteiger partial charge is 0.272 e. The van der Waals surface area contributed by atoms with Crippen molar-refractivity contribution in [3.05, 3.63) is 131 Å². The lowest BCUT2D eigenvalue weighted by atomic mass is 10.1. The summed E-state index contributed by atoms with van der Waals surface area (Å²) in [6, 6.07) is 29.9. The molecule has 0 aliphatic carbocycles. The first-order chi connectivity index (χ1) is 20.7. The fraction of sp³-hybridized carbons (Fsp3) is 0.118. The predicted octanol–water partition coefficient (Wildman–Crippen LogP) is 6.01. The number of nitrogens with two attached hydrogens (primary N) is 1. The molecule has 4 amide bonds. The first kappa shape index (κ1) is 30.8.